The number of aromatic carboxylic acids is 1. The van der Waals surface area contributed by atoms with Crippen LogP contribution in [0.25, 0.3) is 11.4 Å². The zero-order valence-corrected chi connectivity index (χ0v) is 10.4. The van der Waals surface area contributed by atoms with Gasteiger partial charge in [0.25, 0.3) is 5.69 Å². The first-order valence-corrected chi connectivity index (χ1v) is 5.53. The zero-order valence-electron chi connectivity index (χ0n) is 10.4. The molecule has 2 rings (SSSR count). The molecule has 0 unspecified atom stereocenters. The summed E-state index contributed by atoms with van der Waals surface area (Å²) >= 11 is 0. The highest BCUT2D eigenvalue weighted by molar-refractivity contribution is 5.94. The lowest BCUT2D eigenvalue weighted by atomic mass is 10.1. The monoisotopic (exact) mass is 274 g/mol. The third-order valence-electron chi connectivity index (χ3n) is 2.67. The summed E-state index contributed by atoms with van der Waals surface area (Å²) in [4.78, 5) is 29.2. The molecule has 8 heteroatoms. The van der Waals surface area contributed by atoms with Crippen LogP contribution < -0.4 is 5.73 Å². The lowest BCUT2D eigenvalue weighted by Crippen LogP contribution is -2.10. The van der Waals surface area contributed by atoms with Crippen molar-refractivity contribution in [2.45, 2.75) is 6.92 Å². The van der Waals surface area contributed by atoms with E-state index < -0.39 is 10.9 Å². The maximum absolute atomic E-state index is 11.0. The third kappa shape index (κ3) is 2.26. The summed E-state index contributed by atoms with van der Waals surface area (Å²) in [7, 11) is 0. The van der Waals surface area contributed by atoms with Crippen molar-refractivity contribution in [2.75, 3.05) is 5.73 Å². The van der Waals surface area contributed by atoms with Crippen molar-refractivity contribution in [2.24, 2.45) is 0 Å². The number of rotatable bonds is 3. The van der Waals surface area contributed by atoms with Gasteiger partial charge in [-0.3, -0.25) is 10.1 Å². The summed E-state index contributed by atoms with van der Waals surface area (Å²) in [6, 6.07) is 5.91. The van der Waals surface area contributed by atoms with E-state index in [0.717, 1.165) is 0 Å². The standard InChI is InChI=1S/C12H10N4O4/c1-6-9(12(17)18)10(13)15-11(14-6)7-4-2-3-5-8(7)16(19)20/h2-5H,1H3,(H,17,18)(H2,13,14,15). The van der Waals surface area contributed by atoms with Crippen LogP contribution in [0, 0.1) is 17.0 Å². The third-order valence-corrected chi connectivity index (χ3v) is 2.67. The molecule has 1 aromatic carbocycles. The molecule has 0 amide bonds. The Morgan fingerprint density at radius 3 is 2.55 bits per heavy atom. The number of nitrogen functional groups attached to an aromatic ring is 1. The average Bonchev–Trinajstić information content (AvgIpc) is 2.37. The summed E-state index contributed by atoms with van der Waals surface area (Å²) in [6.45, 7) is 1.46. The minimum Gasteiger partial charge on any atom is -0.477 e. The van der Waals surface area contributed by atoms with Crippen LogP contribution in [0.5, 0.6) is 0 Å². The van der Waals surface area contributed by atoms with Gasteiger partial charge in [-0.2, -0.15) is 0 Å². The molecule has 3 N–H and O–H groups in total. The molecule has 0 saturated heterocycles. The Bertz CT molecular complexity index is 691. The average molecular weight is 274 g/mol. The number of carbonyl (C=O) groups is 1. The van der Waals surface area contributed by atoms with Crippen LogP contribution in [0.2, 0.25) is 0 Å². The lowest BCUT2D eigenvalue weighted by molar-refractivity contribution is -0.384. The van der Waals surface area contributed by atoms with E-state index in [1.165, 1.54) is 25.1 Å². The van der Waals surface area contributed by atoms with Crippen LogP contribution in [0.1, 0.15) is 16.1 Å². The maximum Gasteiger partial charge on any atom is 0.341 e. The Balaban J connectivity index is 2.67. The largest absolute Gasteiger partial charge is 0.477 e. The Morgan fingerprint density at radius 1 is 1.35 bits per heavy atom. The summed E-state index contributed by atoms with van der Waals surface area (Å²) in [5, 5.41) is 19.9. The summed E-state index contributed by atoms with van der Waals surface area (Å²) in [6.07, 6.45) is 0. The SMILES string of the molecule is Cc1nc(-c2ccccc2[N+](=O)[O-])nc(N)c1C(=O)O. The van der Waals surface area contributed by atoms with Gasteiger partial charge in [0, 0.05) is 6.07 Å². The number of hydrogen-bond donors (Lipinski definition) is 2. The first kappa shape index (κ1) is 13.4. The highest BCUT2D eigenvalue weighted by Crippen LogP contribution is 2.28. The second-order valence-corrected chi connectivity index (χ2v) is 3.97. The first-order valence-electron chi connectivity index (χ1n) is 5.53. The van der Waals surface area contributed by atoms with Gasteiger partial charge in [-0.1, -0.05) is 12.1 Å². The first-order chi connectivity index (χ1) is 9.41. The number of nitro benzene ring substituents is 1. The fourth-order valence-electron chi connectivity index (χ4n) is 1.80. The van der Waals surface area contributed by atoms with Crippen LogP contribution in [0.4, 0.5) is 11.5 Å². The number of nitrogens with zero attached hydrogens (tertiary/aromatic N) is 3. The number of para-hydroxylation sites is 1. The van der Waals surface area contributed by atoms with Gasteiger partial charge < -0.3 is 10.8 Å². The van der Waals surface area contributed by atoms with Gasteiger partial charge in [-0.05, 0) is 13.0 Å². The van der Waals surface area contributed by atoms with E-state index in [9.17, 15) is 14.9 Å². The highest BCUT2D eigenvalue weighted by Gasteiger charge is 2.21. The van der Waals surface area contributed by atoms with Gasteiger partial charge >= 0.3 is 5.97 Å². The van der Waals surface area contributed by atoms with Gasteiger partial charge in [0.05, 0.1) is 16.2 Å². The molecule has 1 heterocycles. The smallest absolute Gasteiger partial charge is 0.341 e. The second-order valence-electron chi connectivity index (χ2n) is 3.97. The van der Waals surface area contributed by atoms with E-state index in [-0.39, 0.29) is 34.2 Å². The molecule has 0 bridgehead atoms. The molecule has 0 aliphatic carbocycles. The molecular weight excluding hydrogens is 264 g/mol. The van der Waals surface area contributed by atoms with Crippen molar-refractivity contribution >= 4 is 17.5 Å². The van der Waals surface area contributed by atoms with Gasteiger partial charge in [0.2, 0.25) is 0 Å². The van der Waals surface area contributed by atoms with Crippen molar-refractivity contribution in [3.63, 3.8) is 0 Å². The van der Waals surface area contributed by atoms with Crippen molar-refractivity contribution in [1.29, 1.82) is 0 Å². The van der Waals surface area contributed by atoms with E-state index in [1.54, 1.807) is 6.07 Å². The molecule has 0 fully saturated rings. The summed E-state index contributed by atoms with van der Waals surface area (Å²) in [5.41, 5.74) is 5.55. The number of nitro groups is 1. The minimum absolute atomic E-state index is 0.0253. The number of aromatic nitrogens is 2. The molecule has 0 aliphatic heterocycles. The predicted octanol–water partition coefficient (Wildman–Crippen LogP) is 1.64. The topological polar surface area (TPSA) is 132 Å². The lowest BCUT2D eigenvalue weighted by Gasteiger charge is -2.07. The molecule has 2 aromatic rings. The number of anilines is 1. The van der Waals surface area contributed by atoms with Crippen LogP contribution in [-0.4, -0.2) is 26.0 Å². The molecule has 102 valence electrons. The van der Waals surface area contributed by atoms with Crippen LogP contribution in [-0.2, 0) is 0 Å². The molecule has 0 spiro atoms. The maximum atomic E-state index is 11.0. The van der Waals surface area contributed by atoms with E-state index in [0.29, 0.717) is 0 Å². The van der Waals surface area contributed by atoms with Gasteiger partial charge in [-0.25, -0.2) is 14.8 Å². The fraction of sp³-hybridized carbons (Fsp3) is 0.0833. The molecule has 0 radical (unpaired) electrons. The molecule has 0 aliphatic rings. The fourth-order valence-corrected chi connectivity index (χ4v) is 1.80. The highest BCUT2D eigenvalue weighted by atomic mass is 16.6. The van der Waals surface area contributed by atoms with E-state index >= 15 is 0 Å². The van der Waals surface area contributed by atoms with Gasteiger partial charge in [0.1, 0.15) is 11.4 Å². The zero-order chi connectivity index (χ0) is 14.9. The van der Waals surface area contributed by atoms with Crippen LogP contribution >= 0.6 is 0 Å². The molecule has 8 nitrogen and oxygen atoms in total. The quantitative estimate of drug-likeness (QED) is 0.642. The van der Waals surface area contributed by atoms with Crippen molar-refractivity contribution in [3.8, 4) is 11.4 Å². The number of nitrogens with two attached hydrogens (primary N) is 1. The van der Waals surface area contributed by atoms with Crippen LogP contribution in [0.15, 0.2) is 24.3 Å². The van der Waals surface area contributed by atoms with Crippen molar-refractivity contribution < 1.29 is 14.8 Å². The Kier molecular flexibility index (Phi) is 3.30. The normalized spacial score (nSPS) is 10.2. The molecular formula is C12H10N4O4. The number of carboxylic acid groups (broad SMARTS) is 1. The minimum atomic E-state index is -1.24. The molecule has 0 atom stereocenters. The number of benzene rings is 1. The van der Waals surface area contributed by atoms with Gasteiger partial charge in [0.15, 0.2) is 5.82 Å². The van der Waals surface area contributed by atoms with E-state index in [2.05, 4.69) is 9.97 Å². The summed E-state index contributed by atoms with van der Waals surface area (Å²) in [5.74, 6) is -1.44. The molecule has 20 heavy (non-hydrogen) atoms. The molecule has 1 aromatic heterocycles. The van der Waals surface area contributed by atoms with Crippen molar-refractivity contribution in [1.82, 2.24) is 9.97 Å². The molecule has 0 saturated carbocycles. The number of carboxylic acids is 1. The summed E-state index contributed by atoms with van der Waals surface area (Å²) < 4.78 is 0. The van der Waals surface area contributed by atoms with Crippen LogP contribution in [0.3, 0.4) is 0 Å². The van der Waals surface area contributed by atoms with E-state index in [1.807, 2.05) is 0 Å². The predicted molar refractivity (Wildman–Crippen MR) is 70.2 cm³/mol. The Hall–Kier alpha value is -3.03. The Labute approximate surface area is 113 Å². The number of aryl methyl sites for hydroxylation is 1. The van der Waals surface area contributed by atoms with Gasteiger partial charge in [-0.15, -0.1) is 0 Å². The Morgan fingerprint density at radius 2 is 2.00 bits per heavy atom. The van der Waals surface area contributed by atoms with Crippen molar-refractivity contribution in [3.05, 3.63) is 45.6 Å². The van der Waals surface area contributed by atoms with E-state index in [4.69, 9.17) is 10.8 Å². The number of hydrogen-bond acceptors (Lipinski definition) is 6. The second kappa shape index (κ2) is 4.92.